The van der Waals surface area contributed by atoms with Gasteiger partial charge in [0.25, 0.3) is 0 Å². The number of anilines is 3. The van der Waals surface area contributed by atoms with Gasteiger partial charge in [0, 0.05) is 27.8 Å². The van der Waals surface area contributed by atoms with Crippen molar-refractivity contribution in [1.82, 2.24) is 4.57 Å². The van der Waals surface area contributed by atoms with Crippen molar-refractivity contribution in [3.8, 4) is 5.69 Å². The lowest BCUT2D eigenvalue weighted by Crippen LogP contribution is -2.47. The number of nitrogens with zero attached hydrogens (tertiary/aromatic N) is 2. The summed E-state index contributed by atoms with van der Waals surface area (Å²) in [6, 6.07) is 74.4. The van der Waals surface area contributed by atoms with Crippen LogP contribution in [0.4, 0.5) is 17.1 Å². The molecule has 0 radical (unpaired) electrons. The van der Waals surface area contributed by atoms with E-state index in [9.17, 15) is 0 Å². The second kappa shape index (κ2) is 11.4. The first-order valence-electron chi connectivity index (χ1n) is 18.0. The van der Waals surface area contributed by atoms with Gasteiger partial charge < -0.3 is 9.47 Å². The Kier molecular flexibility index (Phi) is 6.47. The van der Waals surface area contributed by atoms with Gasteiger partial charge >= 0.3 is 0 Å². The minimum absolute atomic E-state index is 0.560. The highest BCUT2D eigenvalue weighted by atomic mass is 31.1. The van der Waals surface area contributed by atoms with Gasteiger partial charge in [-0.2, -0.15) is 0 Å². The maximum Gasteiger partial charge on any atom is 0.0756 e. The molecule has 0 fully saturated rings. The third kappa shape index (κ3) is 3.99. The minimum Gasteiger partial charge on any atom is -0.310 e. The Balaban J connectivity index is 1.32. The second-order valence-corrected chi connectivity index (χ2v) is 15.9. The van der Waals surface area contributed by atoms with Gasteiger partial charge in [-0.15, -0.1) is 0 Å². The van der Waals surface area contributed by atoms with E-state index in [-0.39, 0.29) is 0 Å². The zero-order chi connectivity index (χ0) is 34.2. The van der Waals surface area contributed by atoms with Crippen LogP contribution in [0.1, 0.15) is 22.3 Å². The summed E-state index contributed by atoms with van der Waals surface area (Å²) in [6.07, 6.45) is 0. The van der Waals surface area contributed by atoms with Crippen LogP contribution in [0.25, 0.3) is 27.5 Å². The van der Waals surface area contributed by atoms with Crippen molar-refractivity contribution in [2.75, 3.05) is 4.90 Å². The fourth-order valence-electron chi connectivity index (χ4n) is 9.16. The molecule has 0 bridgehead atoms. The summed E-state index contributed by atoms with van der Waals surface area (Å²) in [6.45, 7) is 0. The molecule has 2 aliphatic heterocycles. The molecular weight excluding hydrogens is 648 g/mol. The van der Waals surface area contributed by atoms with E-state index in [1.54, 1.807) is 0 Å². The molecule has 0 N–H and O–H groups in total. The minimum atomic E-state index is -0.850. The molecule has 2 nitrogen and oxygen atoms in total. The largest absolute Gasteiger partial charge is 0.310 e. The first kappa shape index (κ1) is 29.5. The number of rotatable bonds is 4. The number of fused-ring (bicyclic) bond motifs is 11. The molecule has 1 spiro atoms. The fourth-order valence-corrected chi connectivity index (χ4v) is 11.9. The predicted octanol–water partition coefficient (Wildman–Crippen LogP) is 11.0. The molecule has 11 rings (SSSR count). The summed E-state index contributed by atoms with van der Waals surface area (Å²) in [5.74, 6) is 0. The van der Waals surface area contributed by atoms with Crippen molar-refractivity contribution >= 4 is 62.7 Å². The third-order valence-corrected chi connectivity index (χ3v) is 13.7. The van der Waals surface area contributed by atoms with Gasteiger partial charge in [0.1, 0.15) is 0 Å². The number of benzene rings is 8. The molecular formula is C49H33N2P. The zero-order valence-electron chi connectivity index (χ0n) is 28.4. The van der Waals surface area contributed by atoms with Gasteiger partial charge in [0.2, 0.25) is 0 Å². The SMILES string of the molecule is c1ccc(N(c2ccccc2)c2ccc3c(c2)C2(c4ccccc4-n4c5ccccc5c5cccc2c54)c2ccccc2P3c2ccccc2)cc1. The van der Waals surface area contributed by atoms with E-state index in [2.05, 4.69) is 210 Å². The third-order valence-electron chi connectivity index (χ3n) is 11.1. The molecule has 244 valence electrons. The summed E-state index contributed by atoms with van der Waals surface area (Å²) in [4.78, 5) is 2.41. The van der Waals surface area contributed by atoms with E-state index in [0.717, 1.165) is 17.1 Å². The highest BCUT2D eigenvalue weighted by Crippen LogP contribution is 2.59. The molecule has 0 saturated carbocycles. The Labute approximate surface area is 304 Å². The summed E-state index contributed by atoms with van der Waals surface area (Å²) in [7, 11) is -0.850. The van der Waals surface area contributed by atoms with Gasteiger partial charge in [0.15, 0.2) is 0 Å². The van der Waals surface area contributed by atoms with E-state index in [1.807, 2.05) is 0 Å². The van der Waals surface area contributed by atoms with Crippen molar-refractivity contribution in [3.63, 3.8) is 0 Å². The maximum atomic E-state index is 2.53. The number of hydrogen-bond acceptors (Lipinski definition) is 1. The molecule has 1 aromatic heterocycles. The van der Waals surface area contributed by atoms with Gasteiger partial charge in [-0.3, -0.25) is 0 Å². The highest BCUT2D eigenvalue weighted by Gasteiger charge is 2.51. The zero-order valence-corrected chi connectivity index (χ0v) is 29.3. The topological polar surface area (TPSA) is 8.17 Å². The van der Waals surface area contributed by atoms with Crippen LogP contribution in [0.3, 0.4) is 0 Å². The molecule has 0 amide bonds. The Morgan fingerprint density at radius 3 is 1.75 bits per heavy atom. The lowest BCUT2D eigenvalue weighted by Gasteiger charge is -2.48. The first-order chi connectivity index (χ1) is 25.8. The summed E-state index contributed by atoms with van der Waals surface area (Å²) < 4.78 is 2.53. The molecule has 3 heteroatoms. The van der Waals surface area contributed by atoms with Gasteiger partial charge in [-0.1, -0.05) is 152 Å². The average Bonchev–Trinajstić information content (AvgIpc) is 3.56. The Morgan fingerprint density at radius 1 is 0.404 bits per heavy atom. The summed E-state index contributed by atoms with van der Waals surface area (Å²) >= 11 is 0. The van der Waals surface area contributed by atoms with Crippen molar-refractivity contribution in [2.45, 2.75) is 5.41 Å². The Bertz CT molecular complexity index is 2770. The van der Waals surface area contributed by atoms with Gasteiger partial charge in [0.05, 0.1) is 22.1 Å². The summed E-state index contributed by atoms with van der Waals surface area (Å²) in [5.41, 5.74) is 12.0. The van der Waals surface area contributed by atoms with Crippen LogP contribution in [-0.4, -0.2) is 4.57 Å². The fraction of sp³-hybridized carbons (Fsp3) is 0.0204. The molecule has 8 aromatic carbocycles. The number of para-hydroxylation sites is 5. The summed E-state index contributed by atoms with van der Waals surface area (Å²) in [5, 5.41) is 6.77. The van der Waals surface area contributed by atoms with E-state index in [4.69, 9.17) is 0 Å². The highest BCUT2D eigenvalue weighted by molar-refractivity contribution is 7.80. The molecule has 2 unspecified atom stereocenters. The molecule has 9 aromatic rings. The molecule has 2 aliphatic rings. The van der Waals surface area contributed by atoms with Crippen LogP contribution in [0.2, 0.25) is 0 Å². The van der Waals surface area contributed by atoms with Crippen LogP contribution >= 0.6 is 7.92 Å². The van der Waals surface area contributed by atoms with Crippen molar-refractivity contribution < 1.29 is 0 Å². The van der Waals surface area contributed by atoms with Crippen molar-refractivity contribution in [3.05, 3.63) is 222 Å². The van der Waals surface area contributed by atoms with E-state index < -0.39 is 13.3 Å². The van der Waals surface area contributed by atoms with Crippen molar-refractivity contribution in [1.29, 1.82) is 0 Å². The van der Waals surface area contributed by atoms with Crippen LogP contribution in [0, 0.1) is 0 Å². The monoisotopic (exact) mass is 680 g/mol. The molecule has 0 aliphatic carbocycles. The van der Waals surface area contributed by atoms with E-state index >= 15 is 0 Å². The quantitative estimate of drug-likeness (QED) is 0.168. The van der Waals surface area contributed by atoms with Crippen LogP contribution in [-0.2, 0) is 5.41 Å². The predicted molar refractivity (Wildman–Crippen MR) is 220 cm³/mol. The molecule has 0 saturated heterocycles. The van der Waals surface area contributed by atoms with Gasteiger partial charge in [-0.05, 0) is 94.6 Å². The van der Waals surface area contributed by atoms with Gasteiger partial charge in [-0.25, -0.2) is 0 Å². The van der Waals surface area contributed by atoms with E-state index in [0.29, 0.717) is 0 Å². The number of aromatic nitrogens is 1. The lowest BCUT2D eigenvalue weighted by atomic mass is 9.62. The molecule has 2 atom stereocenters. The molecule has 3 heterocycles. The Morgan fingerprint density at radius 2 is 0.981 bits per heavy atom. The average molecular weight is 681 g/mol. The smallest absolute Gasteiger partial charge is 0.0756 e. The second-order valence-electron chi connectivity index (χ2n) is 13.7. The van der Waals surface area contributed by atoms with Crippen LogP contribution < -0.4 is 20.8 Å². The van der Waals surface area contributed by atoms with Crippen LogP contribution in [0.15, 0.2) is 200 Å². The molecule has 52 heavy (non-hydrogen) atoms. The normalized spacial score (nSPS) is 16.7. The first-order valence-corrected chi connectivity index (χ1v) is 19.3. The van der Waals surface area contributed by atoms with E-state index in [1.165, 1.54) is 65.7 Å². The van der Waals surface area contributed by atoms with Crippen LogP contribution in [0.5, 0.6) is 0 Å². The standard InChI is InChI=1S/C49H33N2P/c1-4-17-34(18-5-1)50(35-19-6-2-7-20-35)36-31-32-47-43(33-36)49(41-26-12-15-30-46(41)52(47)37-21-8-3-9-22-37)40-25-11-14-29-45(40)51-44-28-13-10-23-38(44)39-24-16-27-42(49)48(39)51/h1-33H. The van der Waals surface area contributed by atoms with Crippen molar-refractivity contribution in [2.24, 2.45) is 0 Å². The Hall–Kier alpha value is -6.21. The maximum absolute atomic E-state index is 2.53. The number of hydrogen-bond donors (Lipinski definition) is 0. The lowest BCUT2D eigenvalue weighted by molar-refractivity contribution is 0.734.